The zero-order valence-electron chi connectivity index (χ0n) is 10.6. The third-order valence-electron chi connectivity index (χ3n) is 2.05. The van der Waals surface area contributed by atoms with Gasteiger partial charge in [0.2, 0.25) is 5.89 Å². The van der Waals surface area contributed by atoms with E-state index >= 15 is 0 Å². The summed E-state index contributed by atoms with van der Waals surface area (Å²) in [6.45, 7) is 11.1. The van der Waals surface area contributed by atoms with E-state index in [0.717, 1.165) is 31.9 Å². The maximum Gasteiger partial charge on any atom is 0.223 e. The van der Waals surface area contributed by atoms with Crippen LogP contribution in [0.4, 0.5) is 0 Å². The molecule has 2 N–H and O–H groups in total. The first-order valence-corrected chi connectivity index (χ1v) is 5.72. The summed E-state index contributed by atoms with van der Waals surface area (Å²) in [5.74, 6) is 1.40. The zero-order valence-corrected chi connectivity index (χ0v) is 10.6. The highest BCUT2D eigenvalue weighted by molar-refractivity contribution is 4.84. The van der Waals surface area contributed by atoms with E-state index < -0.39 is 0 Å². The second kappa shape index (κ2) is 5.96. The summed E-state index contributed by atoms with van der Waals surface area (Å²) in [4.78, 5) is 4.13. The van der Waals surface area contributed by atoms with Gasteiger partial charge in [0, 0.05) is 38.5 Å². The summed E-state index contributed by atoms with van der Waals surface area (Å²) >= 11 is 0. The van der Waals surface area contributed by atoms with Crippen molar-refractivity contribution in [2.45, 2.75) is 39.7 Å². The Kier molecular flexibility index (Phi) is 4.89. The van der Waals surface area contributed by atoms with Gasteiger partial charge in [0.1, 0.15) is 0 Å². The van der Waals surface area contributed by atoms with E-state index in [2.05, 4.69) is 41.5 Å². The molecule has 0 aliphatic heterocycles. The van der Waals surface area contributed by atoms with Gasteiger partial charge in [-0.2, -0.15) is 4.98 Å². The van der Waals surface area contributed by atoms with Gasteiger partial charge in [-0.05, 0) is 20.8 Å². The smallest absolute Gasteiger partial charge is 0.223 e. The van der Waals surface area contributed by atoms with E-state index in [1.54, 1.807) is 6.92 Å². The fraction of sp³-hybridized carbons (Fsp3) is 0.818. The minimum absolute atomic E-state index is 0.187. The lowest BCUT2D eigenvalue weighted by Crippen LogP contribution is -2.40. The Hall–Kier alpha value is -0.940. The molecule has 16 heavy (non-hydrogen) atoms. The van der Waals surface area contributed by atoms with Crippen molar-refractivity contribution >= 4 is 0 Å². The summed E-state index contributed by atoms with van der Waals surface area (Å²) in [6.07, 6.45) is 0.812. The van der Waals surface area contributed by atoms with E-state index in [9.17, 15) is 0 Å². The molecule has 0 aromatic carbocycles. The van der Waals surface area contributed by atoms with Gasteiger partial charge in [-0.3, -0.25) is 0 Å². The van der Waals surface area contributed by atoms with Crippen LogP contribution in [0.3, 0.4) is 0 Å². The molecule has 0 bridgehead atoms. The second-order valence-electron chi connectivity index (χ2n) is 4.91. The number of hydrogen-bond donors (Lipinski definition) is 2. The Balaban J connectivity index is 2.00. The Morgan fingerprint density at radius 3 is 2.50 bits per heavy atom. The third kappa shape index (κ3) is 5.82. The van der Waals surface area contributed by atoms with Crippen molar-refractivity contribution in [3.05, 3.63) is 11.7 Å². The number of nitrogens with one attached hydrogen (secondary N) is 2. The highest BCUT2D eigenvalue weighted by Gasteiger charge is 2.07. The molecule has 0 radical (unpaired) electrons. The molecular weight excluding hydrogens is 204 g/mol. The summed E-state index contributed by atoms with van der Waals surface area (Å²) < 4.78 is 4.89. The van der Waals surface area contributed by atoms with Gasteiger partial charge in [-0.1, -0.05) is 5.16 Å². The fourth-order valence-electron chi connectivity index (χ4n) is 1.29. The monoisotopic (exact) mass is 226 g/mol. The van der Waals surface area contributed by atoms with Crippen LogP contribution in [-0.2, 0) is 6.42 Å². The fourth-order valence-corrected chi connectivity index (χ4v) is 1.29. The van der Waals surface area contributed by atoms with Gasteiger partial charge in [0.15, 0.2) is 5.82 Å². The van der Waals surface area contributed by atoms with Crippen molar-refractivity contribution in [2.24, 2.45) is 0 Å². The number of aromatic nitrogens is 2. The van der Waals surface area contributed by atoms with Crippen molar-refractivity contribution in [1.82, 2.24) is 20.8 Å². The largest absolute Gasteiger partial charge is 0.340 e. The van der Waals surface area contributed by atoms with Crippen LogP contribution in [0.15, 0.2) is 4.52 Å². The van der Waals surface area contributed by atoms with Gasteiger partial charge in [-0.25, -0.2) is 0 Å². The standard InChI is InChI=1S/C11H22N4O/c1-9-14-10(15-16-9)5-6-12-7-8-13-11(2,3)4/h12-13H,5-8H2,1-4H3. The van der Waals surface area contributed by atoms with Gasteiger partial charge in [-0.15, -0.1) is 0 Å². The summed E-state index contributed by atoms with van der Waals surface area (Å²) in [5.41, 5.74) is 0.187. The summed E-state index contributed by atoms with van der Waals surface area (Å²) in [7, 11) is 0. The van der Waals surface area contributed by atoms with Gasteiger partial charge in [0.25, 0.3) is 0 Å². The molecule has 1 aromatic rings. The Morgan fingerprint density at radius 1 is 1.19 bits per heavy atom. The minimum atomic E-state index is 0.187. The predicted octanol–water partition coefficient (Wildman–Crippen LogP) is 0.898. The molecular formula is C11H22N4O. The molecule has 1 aromatic heterocycles. The molecule has 0 saturated heterocycles. The molecule has 0 saturated carbocycles. The van der Waals surface area contributed by atoms with E-state index in [0.29, 0.717) is 5.89 Å². The van der Waals surface area contributed by atoms with Crippen LogP contribution in [0, 0.1) is 6.92 Å². The Bertz CT molecular complexity index is 303. The van der Waals surface area contributed by atoms with Crippen LogP contribution in [-0.4, -0.2) is 35.3 Å². The highest BCUT2D eigenvalue weighted by atomic mass is 16.5. The molecule has 0 unspecified atom stereocenters. The van der Waals surface area contributed by atoms with Crippen molar-refractivity contribution in [3.8, 4) is 0 Å². The van der Waals surface area contributed by atoms with Crippen LogP contribution in [0.1, 0.15) is 32.5 Å². The van der Waals surface area contributed by atoms with Crippen LogP contribution in [0.2, 0.25) is 0 Å². The van der Waals surface area contributed by atoms with Crippen LogP contribution >= 0.6 is 0 Å². The van der Waals surface area contributed by atoms with Gasteiger partial charge < -0.3 is 15.2 Å². The second-order valence-corrected chi connectivity index (χ2v) is 4.91. The van der Waals surface area contributed by atoms with Gasteiger partial charge in [0.05, 0.1) is 0 Å². The van der Waals surface area contributed by atoms with E-state index in [-0.39, 0.29) is 5.54 Å². The topological polar surface area (TPSA) is 63.0 Å². The first-order valence-electron chi connectivity index (χ1n) is 5.72. The predicted molar refractivity (Wildman–Crippen MR) is 63.4 cm³/mol. The number of hydrogen-bond acceptors (Lipinski definition) is 5. The maximum atomic E-state index is 4.89. The average molecular weight is 226 g/mol. The maximum absolute atomic E-state index is 4.89. The number of rotatable bonds is 6. The van der Waals surface area contributed by atoms with E-state index in [4.69, 9.17) is 4.52 Å². The highest BCUT2D eigenvalue weighted by Crippen LogP contribution is 1.96. The first kappa shape index (κ1) is 13.1. The quantitative estimate of drug-likeness (QED) is 0.706. The average Bonchev–Trinajstić information content (AvgIpc) is 2.56. The van der Waals surface area contributed by atoms with Crippen molar-refractivity contribution in [3.63, 3.8) is 0 Å². The molecule has 0 atom stereocenters. The summed E-state index contributed by atoms with van der Waals surface area (Å²) in [5, 5.41) is 10.6. The zero-order chi connectivity index (χ0) is 12.0. The molecule has 92 valence electrons. The lowest BCUT2D eigenvalue weighted by atomic mass is 10.1. The minimum Gasteiger partial charge on any atom is -0.340 e. The van der Waals surface area contributed by atoms with Crippen LogP contribution < -0.4 is 10.6 Å². The van der Waals surface area contributed by atoms with E-state index in [1.165, 1.54) is 0 Å². The van der Waals surface area contributed by atoms with Crippen molar-refractivity contribution in [1.29, 1.82) is 0 Å². The molecule has 0 spiro atoms. The summed E-state index contributed by atoms with van der Waals surface area (Å²) in [6, 6.07) is 0. The van der Waals surface area contributed by atoms with E-state index in [1.807, 2.05) is 0 Å². The number of nitrogens with zero attached hydrogens (tertiary/aromatic N) is 2. The molecule has 0 aliphatic carbocycles. The molecule has 5 nitrogen and oxygen atoms in total. The molecule has 0 amide bonds. The molecule has 1 rings (SSSR count). The molecule has 0 fully saturated rings. The number of aryl methyl sites for hydroxylation is 1. The molecule has 0 aliphatic rings. The van der Waals surface area contributed by atoms with Crippen LogP contribution in [0.25, 0.3) is 0 Å². The lowest BCUT2D eigenvalue weighted by molar-refractivity contribution is 0.386. The van der Waals surface area contributed by atoms with Crippen LogP contribution in [0.5, 0.6) is 0 Å². The Morgan fingerprint density at radius 2 is 1.94 bits per heavy atom. The van der Waals surface area contributed by atoms with Crippen molar-refractivity contribution < 1.29 is 4.52 Å². The third-order valence-corrected chi connectivity index (χ3v) is 2.05. The SMILES string of the molecule is Cc1nc(CCNCCNC(C)(C)C)no1. The molecule has 5 heteroatoms. The molecule has 1 heterocycles. The lowest BCUT2D eigenvalue weighted by Gasteiger charge is -2.20. The first-order chi connectivity index (χ1) is 7.47. The van der Waals surface area contributed by atoms with Gasteiger partial charge >= 0.3 is 0 Å². The van der Waals surface area contributed by atoms with Crippen molar-refractivity contribution in [2.75, 3.05) is 19.6 Å². The normalized spacial score (nSPS) is 12.0. The Labute approximate surface area is 97.0 Å².